The molecule has 1 aromatic carbocycles. The molecular formula is C12H13BrF3NO2. The average molecular weight is 340 g/mol. The van der Waals surface area contributed by atoms with Crippen molar-refractivity contribution in [2.45, 2.75) is 25.2 Å². The van der Waals surface area contributed by atoms with Crippen molar-refractivity contribution in [2.24, 2.45) is 0 Å². The van der Waals surface area contributed by atoms with E-state index in [-0.39, 0.29) is 10.2 Å². The molecule has 0 amide bonds. The summed E-state index contributed by atoms with van der Waals surface area (Å²) in [6.45, 7) is 1.49. The monoisotopic (exact) mass is 339 g/mol. The van der Waals surface area contributed by atoms with E-state index in [4.69, 9.17) is 4.74 Å². The largest absolute Gasteiger partial charge is 0.573 e. The van der Waals surface area contributed by atoms with Gasteiger partial charge in [-0.2, -0.15) is 0 Å². The van der Waals surface area contributed by atoms with Gasteiger partial charge in [0.1, 0.15) is 18.1 Å². The molecule has 0 aliphatic carbocycles. The molecule has 19 heavy (non-hydrogen) atoms. The highest BCUT2D eigenvalue weighted by atomic mass is 79.9. The van der Waals surface area contributed by atoms with E-state index in [0.29, 0.717) is 18.4 Å². The summed E-state index contributed by atoms with van der Waals surface area (Å²) in [5, 5.41) is 3.27. The molecule has 1 unspecified atom stereocenters. The van der Waals surface area contributed by atoms with E-state index >= 15 is 0 Å². The zero-order valence-electron chi connectivity index (χ0n) is 9.97. The molecule has 1 saturated heterocycles. The van der Waals surface area contributed by atoms with Crippen molar-refractivity contribution in [1.82, 2.24) is 5.32 Å². The van der Waals surface area contributed by atoms with Gasteiger partial charge in [0, 0.05) is 6.04 Å². The minimum absolute atomic E-state index is 0.210. The molecule has 0 saturated carbocycles. The number of alkyl halides is 3. The van der Waals surface area contributed by atoms with E-state index in [2.05, 4.69) is 26.0 Å². The Kier molecular flexibility index (Phi) is 4.57. The average Bonchev–Trinajstić information content (AvgIpc) is 2.81. The minimum Gasteiger partial charge on any atom is -0.492 e. The van der Waals surface area contributed by atoms with Crippen LogP contribution in [0.25, 0.3) is 0 Å². The van der Waals surface area contributed by atoms with Crippen LogP contribution in [0.4, 0.5) is 13.2 Å². The second-order valence-electron chi connectivity index (χ2n) is 4.24. The lowest BCUT2D eigenvalue weighted by molar-refractivity contribution is -0.274. The van der Waals surface area contributed by atoms with Crippen molar-refractivity contribution in [2.75, 3.05) is 13.2 Å². The number of ether oxygens (including phenoxy) is 2. The molecule has 1 atom stereocenters. The molecule has 1 aromatic rings. The summed E-state index contributed by atoms with van der Waals surface area (Å²) in [4.78, 5) is 0. The van der Waals surface area contributed by atoms with Crippen molar-refractivity contribution in [3.8, 4) is 11.5 Å². The molecule has 3 nitrogen and oxygen atoms in total. The van der Waals surface area contributed by atoms with Crippen LogP contribution in [0.2, 0.25) is 0 Å². The fourth-order valence-electron chi connectivity index (χ4n) is 1.87. The van der Waals surface area contributed by atoms with Crippen molar-refractivity contribution in [3.63, 3.8) is 0 Å². The number of rotatable bonds is 4. The van der Waals surface area contributed by atoms with Gasteiger partial charge in [-0.05, 0) is 53.5 Å². The van der Waals surface area contributed by atoms with Crippen molar-refractivity contribution >= 4 is 15.9 Å². The van der Waals surface area contributed by atoms with Crippen LogP contribution in [0, 0.1) is 0 Å². The Bertz CT molecular complexity index is 433. The van der Waals surface area contributed by atoms with Gasteiger partial charge in [-0.15, -0.1) is 13.2 Å². The standard InChI is InChI=1S/C12H13BrF3NO2/c13-10-6-9(18-7-8-2-1-5-17-8)3-4-11(10)19-12(14,15)16/h3-4,6,8,17H,1-2,5,7H2. The molecular weight excluding hydrogens is 327 g/mol. The van der Waals surface area contributed by atoms with Gasteiger partial charge >= 0.3 is 6.36 Å². The van der Waals surface area contributed by atoms with Crippen LogP contribution in [0.15, 0.2) is 22.7 Å². The maximum absolute atomic E-state index is 12.1. The summed E-state index contributed by atoms with van der Waals surface area (Å²) in [5.74, 6) is 0.231. The van der Waals surface area contributed by atoms with Crippen LogP contribution < -0.4 is 14.8 Å². The smallest absolute Gasteiger partial charge is 0.492 e. The summed E-state index contributed by atoms with van der Waals surface area (Å²) in [7, 11) is 0. The zero-order valence-corrected chi connectivity index (χ0v) is 11.6. The second kappa shape index (κ2) is 6.00. The highest BCUT2D eigenvalue weighted by molar-refractivity contribution is 9.10. The van der Waals surface area contributed by atoms with Gasteiger partial charge in [0.25, 0.3) is 0 Å². The van der Waals surface area contributed by atoms with E-state index in [1.807, 2.05) is 0 Å². The van der Waals surface area contributed by atoms with Gasteiger partial charge in [0.15, 0.2) is 0 Å². The fourth-order valence-corrected chi connectivity index (χ4v) is 2.31. The van der Waals surface area contributed by atoms with Gasteiger partial charge in [0.05, 0.1) is 4.47 Å². The van der Waals surface area contributed by atoms with Crippen LogP contribution in [-0.4, -0.2) is 25.6 Å². The molecule has 106 valence electrons. The third kappa shape index (κ3) is 4.58. The van der Waals surface area contributed by atoms with Crippen LogP contribution in [-0.2, 0) is 0 Å². The Morgan fingerprint density at radius 2 is 2.16 bits per heavy atom. The Morgan fingerprint density at radius 3 is 2.74 bits per heavy atom. The Hall–Kier alpha value is -0.950. The van der Waals surface area contributed by atoms with Crippen molar-refractivity contribution in [3.05, 3.63) is 22.7 Å². The van der Waals surface area contributed by atoms with Crippen LogP contribution in [0.5, 0.6) is 11.5 Å². The first kappa shape index (κ1) is 14.5. The first-order valence-corrected chi connectivity index (χ1v) is 6.65. The second-order valence-corrected chi connectivity index (χ2v) is 5.10. The number of hydrogen-bond acceptors (Lipinski definition) is 3. The molecule has 1 aliphatic rings. The van der Waals surface area contributed by atoms with Gasteiger partial charge < -0.3 is 14.8 Å². The first-order chi connectivity index (χ1) is 8.94. The summed E-state index contributed by atoms with van der Waals surface area (Å²) >= 11 is 3.03. The van der Waals surface area contributed by atoms with Gasteiger partial charge in [-0.25, -0.2) is 0 Å². The normalized spacial score (nSPS) is 19.5. The molecule has 0 spiro atoms. The van der Waals surface area contributed by atoms with Crippen LogP contribution >= 0.6 is 15.9 Å². The van der Waals surface area contributed by atoms with E-state index in [1.54, 1.807) is 0 Å². The molecule has 7 heteroatoms. The number of halogens is 4. The zero-order chi connectivity index (χ0) is 13.9. The molecule has 0 bridgehead atoms. The van der Waals surface area contributed by atoms with Gasteiger partial charge in [-0.1, -0.05) is 0 Å². The molecule has 0 aromatic heterocycles. The molecule has 0 radical (unpaired) electrons. The molecule has 1 aliphatic heterocycles. The lowest BCUT2D eigenvalue weighted by Crippen LogP contribution is -2.28. The summed E-state index contributed by atoms with van der Waals surface area (Å²) < 4.78 is 45.9. The highest BCUT2D eigenvalue weighted by Gasteiger charge is 2.32. The quantitative estimate of drug-likeness (QED) is 0.910. The molecule has 2 rings (SSSR count). The predicted molar refractivity (Wildman–Crippen MR) is 67.3 cm³/mol. The Labute approximate surface area is 117 Å². The lowest BCUT2D eigenvalue weighted by Gasteiger charge is -2.14. The first-order valence-electron chi connectivity index (χ1n) is 5.85. The number of benzene rings is 1. The van der Waals surface area contributed by atoms with Gasteiger partial charge in [0.2, 0.25) is 0 Å². The summed E-state index contributed by atoms with van der Waals surface area (Å²) in [6.07, 6.45) is -2.52. The van der Waals surface area contributed by atoms with Gasteiger partial charge in [-0.3, -0.25) is 0 Å². The maximum Gasteiger partial charge on any atom is 0.573 e. The third-order valence-corrected chi connectivity index (χ3v) is 3.36. The number of nitrogens with one attached hydrogen (secondary N) is 1. The van der Waals surface area contributed by atoms with E-state index in [1.165, 1.54) is 18.2 Å². The maximum atomic E-state index is 12.1. The predicted octanol–water partition coefficient (Wildman–Crippen LogP) is 3.48. The Balaban J connectivity index is 1.94. The highest BCUT2D eigenvalue weighted by Crippen LogP contribution is 2.33. The molecule has 1 heterocycles. The molecule has 1 N–H and O–H groups in total. The fraction of sp³-hybridized carbons (Fsp3) is 0.500. The summed E-state index contributed by atoms with van der Waals surface area (Å²) in [5.41, 5.74) is 0. The van der Waals surface area contributed by atoms with Crippen molar-refractivity contribution in [1.29, 1.82) is 0 Å². The lowest BCUT2D eigenvalue weighted by atomic mass is 10.2. The minimum atomic E-state index is -4.70. The van der Waals surface area contributed by atoms with Crippen LogP contribution in [0.3, 0.4) is 0 Å². The van der Waals surface area contributed by atoms with Crippen molar-refractivity contribution < 1.29 is 22.6 Å². The Morgan fingerprint density at radius 1 is 1.37 bits per heavy atom. The number of hydrogen-bond donors (Lipinski definition) is 1. The van der Waals surface area contributed by atoms with E-state index in [9.17, 15) is 13.2 Å². The topological polar surface area (TPSA) is 30.5 Å². The van der Waals surface area contributed by atoms with E-state index in [0.717, 1.165) is 19.4 Å². The third-order valence-electron chi connectivity index (χ3n) is 2.74. The SMILES string of the molecule is FC(F)(F)Oc1ccc(OCC2CCCN2)cc1Br. The van der Waals surface area contributed by atoms with E-state index < -0.39 is 6.36 Å². The molecule has 1 fully saturated rings. The van der Waals surface area contributed by atoms with Crippen LogP contribution in [0.1, 0.15) is 12.8 Å². The summed E-state index contributed by atoms with van der Waals surface area (Å²) in [6, 6.07) is 4.47.